The molecule has 0 atom stereocenters. The molecule has 22 heavy (non-hydrogen) atoms. The molecule has 3 nitrogen and oxygen atoms in total. The van der Waals surface area contributed by atoms with Crippen molar-refractivity contribution in [1.29, 1.82) is 0 Å². The zero-order chi connectivity index (χ0) is 15.9. The molecule has 0 saturated heterocycles. The van der Waals surface area contributed by atoms with Crippen LogP contribution in [0.2, 0.25) is 5.02 Å². The fourth-order valence-electron chi connectivity index (χ4n) is 2.57. The maximum atomic E-state index is 12.8. The van der Waals surface area contributed by atoms with E-state index in [0.717, 1.165) is 11.3 Å². The number of carbonyl (C=O) groups excluding carboxylic acids is 1. The molecule has 1 amide bonds. The highest BCUT2D eigenvalue weighted by Crippen LogP contribution is 2.40. The number of fused-ring (bicyclic) bond motifs is 1. The fourth-order valence-corrected chi connectivity index (χ4v) is 2.74. The average Bonchev–Trinajstić information content (AvgIpc) is 2.47. The first-order valence-electron chi connectivity index (χ1n) is 7.23. The highest BCUT2D eigenvalue weighted by molar-refractivity contribution is 6.31. The van der Waals surface area contributed by atoms with Crippen LogP contribution in [-0.4, -0.2) is 11.5 Å². The van der Waals surface area contributed by atoms with Gasteiger partial charge in [0.2, 0.25) is 0 Å². The largest absolute Gasteiger partial charge is 0.476 e. The van der Waals surface area contributed by atoms with E-state index in [2.05, 4.69) is 0 Å². The van der Waals surface area contributed by atoms with E-state index in [9.17, 15) is 4.79 Å². The lowest BCUT2D eigenvalue weighted by Gasteiger charge is -2.39. The van der Waals surface area contributed by atoms with E-state index in [0.29, 0.717) is 17.3 Å². The number of hydrogen-bond acceptors (Lipinski definition) is 2. The lowest BCUT2D eigenvalue weighted by molar-refractivity contribution is -0.132. The molecule has 114 valence electrons. The zero-order valence-corrected chi connectivity index (χ0v) is 13.6. The van der Waals surface area contributed by atoms with Crippen LogP contribution in [0.15, 0.2) is 42.5 Å². The van der Waals surface area contributed by atoms with Gasteiger partial charge in [-0.3, -0.25) is 4.79 Å². The molecule has 2 aromatic carbocycles. The summed E-state index contributed by atoms with van der Waals surface area (Å²) in [5, 5.41) is 0.587. The highest BCUT2D eigenvalue weighted by atomic mass is 35.5. The first-order valence-corrected chi connectivity index (χ1v) is 7.61. The normalized spacial score (nSPS) is 16.2. The summed E-state index contributed by atoms with van der Waals surface area (Å²) in [5.74, 6) is 0.615. The van der Waals surface area contributed by atoms with Gasteiger partial charge in [0.25, 0.3) is 5.91 Å². The van der Waals surface area contributed by atoms with Crippen LogP contribution in [0.1, 0.15) is 25.0 Å². The van der Waals surface area contributed by atoms with Crippen LogP contribution in [0.5, 0.6) is 5.75 Å². The van der Waals surface area contributed by atoms with E-state index >= 15 is 0 Å². The molecule has 1 aliphatic rings. The quantitative estimate of drug-likeness (QED) is 0.824. The van der Waals surface area contributed by atoms with Gasteiger partial charge in [-0.2, -0.15) is 0 Å². The molecule has 1 aliphatic heterocycles. The number of hydrogen-bond donors (Lipinski definition) is 0. The molecule has 3 rings (SSSR count). The number of nitrogens with zero attached hydrogens (tertiary/aromatic N) is 1. The third-order valence-electron chi connectivity index (χ3n) is 3.80. The van der Waals surface area contributed by atoms with Gasteiger partial charge in [0.1, 0.15) is 5.75 Å². The molecule has 0 fully saturated rings. The smallest absolute Gasteiger partial charge is 0.271 e. The molecule has 4 heteroatoms. The number of anilines is 1. The Hall–Kier alpha value is -2.00. The molecule has 0 spiro atoms. The third-order valence-corrected chi connectivity index (χ3v) is 4.03. The third kappa shape index (κ3) is 2.69. The minimum Gasteiger partial charge on any atom is -0.476 e. The number of benzene rings is 2. The molecular formula is C18H18ClNO2. The number of halogens is 1. The number of rotatable bonds is 2. The van der Waals surface area contributed by atoms with Gasteiger partial charge in [0.15, 0.2) is 5.60 Å². The molecule has 0 N–H and O–H groups in total. The van der Waals surface area contributed by atoms with Crippen molar-refractivity contribution < 1.29 is 9.53 Å². The SMILES string of the molecule is Cc1ccc(CN2C(=O)C(C)(C)Oc3ccc(Cl)cc32)cc1. The highest BCUT2D eigenvalue weighted by Gasteiger charge is 2.40. The summed E-state index contributed by atoms with van der Waals surface area (Å²) in [6, 6.07) is 13.5. The number of ether oxygens (including phenoxy) is 1. The summed E-state index contributed by atoms with van der Waals surface area (Å²) < 4.78 is 5.82. The molecule has 0 aromatic heterocycles. The van der Waals surface area contributed by atoms with Crippen molar-refractivity contribution in [2.75, 3.05) is 4.90 Å². The molecule has 0 unspecified atom stereocenters. The Kier molecular flexibility index (Phi) is 3.61. The predicted octanol–water partition coefficient (Wildman–Crippen LogP) is 4.35. The van der Waals surface area contributed by atoms with E-state index < -0.39 is 5.60 Å². The van der Waals surface area contributed by atoms with Crippen molar-refractivity contribution in [3.63, 3.8) is 0 Å². The van der Waals surface area contributed by atoms with Crippen molar-refractivity contribution >= 4 is 23.2 Å². The Bertz CT molecular complexity index is 722. The summed E-state index contributed by atoms with van der Waals surface area (Å²) in [6.07, 6.45) is 0. The summed E-state index contributed by atoms with van der Waals surface area (Å²) in [7, 11) is 0. The average molecular weight is 316 g/mol. The summed E-state index contributed by atoms with van der Waals surface area (Å²) >= 11 is 6.09. The van der Waals surface area contributed by atoms with Crippen molar-refractivity contribution in [2.24, 2.45) is 0 Å². The number of aryl methyl sites for hydroxylation is 1. The van der Waals surface area contributed by atoms with Gasteiger partial charge in [-0.1, -0.05) is 41.4 Å². The van der Waals surface area contributed by atoms with Gasteiger partial charge in [0.05, 0.1) is 12.2 Å². The topological polar surface area (TPSA) is 29.5 Å². The number of amides is 1. The van der Waals surface area contributed by atoms with Crippen LogP contribution in [0.25, 0.3) is 0 Å². The Morgan fingerprint density at radius 1 is 1.14 bits per heavy atom. The van der Waals surface area contributed by atoms with E-state index in [4.69, 9.17) is 16.3 Å². The minimum absolute atomic E-state index is 0.0668. The second-order valence-corrected chi connectivity index (χ2v) is 6.54. The lowest BCUT2D eigenvalue weighted by Crippen LogP contribution is -2.52. The van der Waals surface area contributed by atoms with Gasteiger partial charge in [-0.25, -0.2) is 0 Å². The van der Waals surface area contributed by atoms with Crippen LogP contribution >= 0.6 is 11.6 Å². The van der Waals surface area contributed by atoms with E-state index in [1.807, 2.05) is 37.3 Å². The molecule has 1 heterocycles. The molecule has 0 aliphatic carbocycles. The van der Waals surface area contributed by atoms with E-state index in [1.165, 1.54) is 5.56 Å². The van der Waals surface area contributed by atoms with Gasteiger partial charge in [-0.05, 0) is 44.5 Å². The lowest BCUT2D eigenvalue weighted by atomic mass is 10.0. The first-order chi connectivity index (χ1) is 10.4. The minimum atomic E-state index is -0.883. The first kappa shape index (κ1) is 14.9. The molecule has 0 bridgehead atoms. The Labute approximate surface area is 135 Å². The summed E-state index contributed by atoms with van der Waals surface area (Å²) in [5.41, 5.74) is 2.10. The van der Waals surface area contributed by atoms with Crippen LogP contribution in [0.3, 0.4) is 0 Å². The molecular weight excluding hydrogens is 298 g/mol. The van der Waals surface area contributed by atoms with Crippen LogP contribution < -0.4 is 9.64 Å². The fraction of sp³-hybridized carbons (Fsp3) is 0.278. The Balaban J connectivity index is 2.02. The summed E-state index contributed by atoms with van der Waals surface area (Å²) in [4.78, 5) is 14.5. The van der Waals surface area contributed by atoms with Crippen LogP contribution in [0.4, 0.5) is 5.69 Å². The maximum Gasteiger partial charge on any atom is 0.271 e. The standard InChI is InChI=1S/C18H18ClNO2/c1-12-4-6-13(7-5-12)11-20-15-10-14(19)8-9-16(15)22-18(2,3)17(20)21/h4-10H,11H2,1-3H3. The van der Waals surface area contributed by atoms with Crippen LogP contribution in [0, 0.1) is 6.92 Å². The zero-order valence-electron chi connectivity index (χ0n) is 12.9. The van der Waals surface area contributed by atoms with Gasteiger partial charge >= 0.3 is 0 Å². The monoisotopic (exact) mass is 315 g/mol. The second-order valence-electron chi connectivity index (χ2n) is 6.10. The Morgan fingerprint density at radius 3 is 2.50 bits per heavy atom. The van der Waals surface area contributed by atoms with Gasteiger partial charge in [-0.15, -0.1) is 0 Å². The molecule has 2 aromatic rings. The molecule has 0 radical (unpaired) electrons. The van der Waals surface area contributed by atoms with E-state index in [1.54, 1.807) is 30.9 Å². The second kappa shape index (κ2) is 5.33. The van der Waals surface area contributed by atoms with Crippen molar-refractivity contribution in [3.05, 3.63) is 58.6 Å². The number of carbonyl (C=O) groups is 1. The van der Waals surface area contributed by atoms with Crippen molar-refractivity contribution in [1.82, 2.24) is 0 Å². The maximum absolute atomic E-state index is 12.8. The molecule has 0 saturated carbocycles. The van der Waals surface area contributed by atoms with E-state index in [-0.39, 0.29) is 5.91 Å². The van der Waals surface area contributed by atoms with Gasteiger partial charge < -0.3 is 9.64 Å². The predicted molar refractivity (Wildman–Crippen MR) is 88.5 cm³/mol. The van der Waals surface area contributed by atoms with Crippen molar-refractivity contribution in [2.45, 2.75) is 32.9 Å². The summed E-state index contributed by atoms with van der Waals surface area (Å²) in [6.45, 7) is 6.12. The Morgan fingerprint density at radius 2 is 1.82 bits per heavy atom. The van der Waals surface area contributed by atoms with Crippen LogP contribution in [-0.2, 0) is 11.3 Å². The van der Waals surface area contributed by atoms with Crippen molar-refractivity contribution in [3.8, 4) is 5.75 Å². The van der Waals surface area contributed by atoms with Gasteiger partial charge in [0, 0.05) is 5.02 Å².